The van der Waals surface area contributed by atoms with Crippen LogP contribution in [0.3, 0.4) is 0 Å². The Morgan fingerprint density at radius 2 is 1.34 bits per heavy atom. The SMILES string of the molecule is C1=CCC(c2ccc3c(c2)SC2CC(c4cccc5c4oc4c(C6=NC(c7ccccc7)=NC(c7ccc(-c8ccccc8)cc7)N6)cccc45)=CC=C32)C=C1. The summed E-state index contributed by atoms with van der Waals surface area (Å²) in [6.45, 7) is 0. The van der Waals surface area contributed by atoms with Gasteiger partial charge in [-0.05, 0) is 63.9 Å². The highest BCUT2D eigenvalue weighted by Crippen LogP contribution is 2.52. The molecule has 0 amide bonds. The van der Waals surface area contributed by atoms with Crippen molar-refractivity contribution >= 4 is 56.5 Å². The van der Waals surface area contributed by atoms with Crippen LogP contribution in [-0.4, -0.2) is 16.9 Å². The molecule has 56 heavy (non-hydrogen) atoms. The van der Waals surface area contributed by atoms with Crippen molar-refractivity contribution in [2.45, 2.75) is 35.1 Å². The summed E-state index contributed by atoms with van der Waals surface area (Å²) in [5, 5.41) is 6.26. The number of rotatable bonds is 6. The van der Waals surface area contributed by atoms with Crippen LogP contribution < -0.4 is 5.32 Å². The quantitative estimate of drug-likeness (QED) is 0.185. The van der Waals surface area contributed by atoms with E-state index >= 15 is 0 Å². The standard InChI is InChI=1S/C51H37N3OS/c1-4-12-32(13-5-1)34-22-24-36(25-23-34)50-52-49(35-16-8-3-9-17-35)53-51(54-50)44-21-11-20-43-42-19-10-18-39(47(42)55-48(43)44)38-27-29-41-40-28-26-37(33-14-6-2-7-15-33)30-45(40)56-46(41)31-38/h1-14,16-30,33,46,50H,15,31H2,(H,52,53,54). The normalized spacial score (nSPS) is 19.8. The van der Waals surface area contributed by atoms with E-state index in [0.717, 1.165) is 62.9 Å². The van der Waals surface area contributed by atoms with Gasteiger partial charge in [-0.25, -0.2) is 9.98 Å². The van der Waals surface area contributed by atoms with E-state index in [-0.39, 0.29) is 6.17 Å². The first kappa shape index (κ1) is 33.0. The molecule has 11 rings (SSSR count). The zero-order valence-electron chi connectivity index (χ0n) is 30.6. The van der Waals surface area contributed by atoms with E-state index in [1.165, 1.54) is 38.3 Å². The minimum absolute atomic E-state index is 0.328. The average molecular weight is 740 g/mol. The summed E-state index contributed by atoms with van der Waals surface area (Å²) >= 11 is 2.01. The summed E-state index contributed by atoms with van der Waals surface area (Å²) in [6, 6.07) is 49.4. The molecule has 5 heteroatoms. The molecule has 0 radical (unpaired) electrons. The van der Waals surface area contributed by atoms with E-state index in [4.69, 9.17) is 14.4 Å². The van der Waals surface area contributed by atoms with E-state index in [0.29, 0.717) is 17.0 Å². The highest BCUT2D eigenvalue weighted by Gasteiger charge is 2.32. The van der Waals surface area contributed by atoms with Crippen LogP contribution in [0.4, 0.5) is 0 Å². The number of aliphatic imine (C=N–C) groups is 2. The highest BCUT2D eigenvalue weighted by atomic mass is 32.2. The molecule has 0 spiro atoms. The third-order valence-electron chi connectivity index (χ3n) is 11.4. The zero-order valence-corrected chi connectivity index (χ0v) is 31.4. The smallest absolute Gasteiger partial charge is 0.159 e. The lowest BCUT2D eigenvalue weighted by Crippen LogP contribution is -2.33. The van der Waals surface area contributed by atoms with Crippen LogP contribution in [0, 0.1) is 0 Å². The molecule has 1 N–H and O–H groups in total. The van der Waals surface area contributed by atoms with Crippen molar-refractivity contribution in [3.63, 3.8) is 0 Å². The molecular weight excluding hydrogens is 703 g/mol. The molecule has 0 bridgehead atoms. The number of nitrogens with zero attached hydrogens (tertiary/aromatic N) is 2. The predicted octanol–water partition coefficient (Wildman–Crippen LogP) is 12.7. The summed E-state index contributed by atoms with van der Waals surface area (Å²) in [5.41, 5.74) is 13.7. The topological polar surface area (TPSA) is 49.9 Å². The van der Waals surface area contributed by atoms with Crippen LogP contribution in [0.15, 0.2) is 195 Å². The Morgan fingerprint density at radius 1 is 0.625 bits per heavy atom. The van der Waals surface area contributed by atoms with Crippen molar-refractivity contribution in [2.75, 3.05) is 0 Å². The summed E-state index contributed by atoms with van der Waals surface area (Å²) in [4.78, 5) is 11.7. The second kappa shape index (κ2) is 13.7. The Bertz CT molecular complexity index is 2860. The van der Waals surface area contributed by atoms with Gasteiger partial charge in [0.25, 0.3) is 0 Å². The zero-order chi connectivity index (χ0) is 37.0. The minimum Gasteiger partial charge on any atom is -0.455 e. The number of furan rings is 1. The number of amidine groups is 2. The molecule has 0 saturated carbocycles. The number of allylic oxidation sites excluding steroid dienone is 7. The van der Waals surface area contributed by atoms with Gasteiger partial charge in [0.2, 0.25) is 0 Å². The van der Waals surface area contributed by atoms with E-state index < -0.39 is 0 Å². The second-order valence-corrected chi connectivity index (χ2v) is 16.1. The van der Waals surface area contributed by atoms with Gasteiger partial charge in [0.15, 0.2) is 5.84 Å². The first-order valence-electron chi connectivity index (χ1n) is 19.4. The van der Waals surface area contributed by atoms with E-state index in [1.807, 2.05) is 36.0 Å². The molecule has 7 aromatic rings. The number of thioether (sulfide) groups is 1. The van der Waals surface area contributed by atoms with Gasteiger partial charge in [-0.3, -0.25) is 0 Å². The summed E-state index contributed by atoms with van der Waals surface area (Å²) in [5.74, 6) is 1.89. The molecule has 3 atom stereocenters. The molecule has 0 saturated heterocycles. The van der Waals surface area contributed by atoms with Crippen LogP contribution in [0.1, 0.15) is 58.3 Å². The second-order valence-electron chi connectivity index (χ2n) is 14.8. The molecule has 1 aromatic heterocycles. The van der Waals surface area contributed by atoms with E-state index in [1.54, 1.807) is 0 Å². The summed E-state index contributed by atoms with van der Waals surface area (Å²) in [6.07, 6.45) is 15.3. The highest BCUT2D eigenvalue weighted by molar-refractivity contribution is 8.00. The van der Waals surface area contributed by atoms with Gasteiger partial charge < -0.3 is 9.73 Å². The number of fused-ring (bicyclic) bond motifs is 6. The van der Waals surface area contributed by atoms with Crippen LogP contribution >= 0.6 is 11.8 Å². The maximum atomic E-state index is 6.98. The van der Waals surface area contributed by atoms with E-state index in [2.05, 4.69) is 157 Å². The van der Waals surface area contributed by atoms with Crippen molar-refractivity contribution < 1.29 is 4.42 Å². The fourth-order valence-corrected chi connectivity index (χ4v) is 9.97. The Kier molecular flexibility index (Phi) is 8.06. The first-order valence-corrected chi connectivity index (χ1v) is 20.3. The van der Waals surface area contributed by atoms with Crippen LogP contribution in [-0.2, 0) is 0 Å². The van der Waals surface area contributed by atoms with Gasteiger partial charge in [-0.1, -0.05) is 164 Å². The van der Waals surface area contributed by atoms with Crippen LogP contribution in [0.5, 0.6) is 0 Å². The Balaban J connectivity index is 0.947. The third kappa shape index (κ3) is 5.78. The van der Waals surface area contributed by atoms with Gasteiger partial charge in [-0.2, -0.15) is 0 Å². The van der Waals surface area contributed by atoms with Crippen LogP contribution in [0.2, 0.25) is 0 Å². The van der Waals surface area contributed by atoms with Gasteiger partial charge in [0.1, 0.15) is 23.2 Å². The Labute approximate surface area is 330 Å². The van der Waals surface area contributed by atoms with Gasteiger partial charge >= 0.3 is 0 Å². The largest absolute Gasteiger partial charge is 0.455 e. The van der Waals surface area contributed by atoms with Crippen molar-refractivity contribution in [1.29, 1.82) is 0 Å². The maximum absolute atomic E-state index is 6.98. The molecular formula is C51H37N3OS. The van der Waals surface area contributed by atoms with Crippen molar-refractivity contribution in [3.8, 4) is 11.1 Å². The van der Waals surface area contributed by atoms with E-state index in [9.17, 15) is 0 Å². The number of hydrogen-bond donors (Lipinski definition) is 1. The fraction of sp³-hybridized carbons (Fsp3) is 0.0980. The van der Waals surface area contributed by atoms with Crippen molar-refractivity contribution in [2.24, 2.45) is 9.98 Å². The van der Waals surface area contributed by atoms with Crippen molar-refractivity contribution in [1.82, 2.24) is 5.32 Å². The monoisotopic (exact) mass is 739 g/mol. The molecule has 2 aliphatic carbocycles. The van der Waals surface area contributed by atoms with Gasteiger partial charge in [-0.15, -0.1) is 11.8 Å². The number of benzene rings is 6. The lowest BCUT2D eigenvalue weighted by molar-refractivity contribution is 0.658. The lowest BCUT2D eigenvalue weighted by atomic mass is 9.87. The maximum Gasteiger partial charge on any atom is 0.159 e. The predicted molar refractivity (Wildman–Crippen MR) is 233 cm³/mol. The molecule has 2 aliphatic heterocycles. The van der Waals surface area contributed by atoms with Gasteiger partial charge in [0.05, 0.1) is 5.56 Å². The minimum atomic E-state index is -0.328. The molecule has 4 aliphatic rings. The Hall–Kier alpha value is -6.43. The summed E-state index contributed by atoms with van der Waals surface area (Å²) < 4.78 is 6.98. The molecule has 6 aromatic carbocycles. The number of nitrogens with one attached hydrogen (secondary N) is 1. The van der Waals surface area contributed by atoms with Crippen molar-refractivity contribution in [3.05, 3.63) is 209 Å². The fourth-order valence-electron chi connectivity index (χ4n) is 8.55. The molecule has 4 nitrogen and oxygen atoms in total. The molecule has 3 unspecified atom stereocenters. The molecule has 3 heterocycles. The average Bonchev–Trinajstić information content (AvgIpc) is 3.85. The third-order valence-corrected chi connectivity index (χ3v) is 12.7. The lowest BCUT2D eigenvalue weighted by Gasteiger charge is -2.24. The Morgan fingerprint density at radius 3 is 2.11 bits per heavy atom. The summed E-state index contributed by atoms with van der Waals surface area (Å²) in [7, 11) is 0. The number of hydrogen-bond acceptors (Lipinski definition) is 5. The molecule has 268 valence electrons. The van der Waals surface area contributed by atoms with Gasteiger partial charge in [0, 0.05) is 38.0 Å². The van der Waals surface area contributed by atoms with Crippen LogP contribution in [0.25, 0.3) is 44.2 Å². The first-order chi connectivity index (χ1) is 27.7. The number of para-hydroxylation sites is 2. The molecule has 0 fully saturated rings.